The quantitative estimate of drug-likeness (QED) is 0.829. The molecule has 2 nitrogen and oxygen atoms in total. The molecule has 1 aromatic carbocycles. The molecule has 0 atom stereocenters. The fraction of sp³-hybridized carbons (Fsp3) is 0.647. The van der Waals surface area contributed by atoms with Crippen molar-refractivity contribution in [2.75, 3.05) is 18.5 Å². The monoisotopic (exact) mass is 262 g/mol. The molecule has 0 aromatic heterocycles. The van der Waals surface area contributed by atoms with E-state index in [9.17, 15) is 0 Å². The molecule has 0 spiro atoms. The van der Waals surface area contributed by atoms with Crippen LogP contribution in [0.25, 0.3) is 0 Å². The standard InChI is InChI=1S/C17H30N2/c1-7-8-11-19(6)16-10-9-15(14(2)12-16)13-18-17(3,4)5/h9-10,12,18H,7-8,11,13H2,1-6H3. The third-order valence-corrected chi connectivity index (χ3v) is 3.42. The zero-order valence-corrected chi connectivity index (χ0v) is 13.5. The fourth-order valence-corrected chi connectivity index (χ4v) is 2.00. The highest BCUT2D eigenvalue weighted by Crippen LogP contribution is 2.19. The normalized spacial score (nSPS) is 11.7. The van der Waals surface area contributed by atoms with Gasteiger partial charge in [0.2, 0.25) is 0 Å². The number of nitrogens with one attached hydrogen (secondary N) is 1. The lowest BCUT2D eigenvalue weighted by molar-refractivity contribution is 0.424. The SMILES string of the molecule is CCCCN(C)c1ccc(CNC(C)(C)C)c(C)c1. The molecule has 2 heteroatoms. The van der Waals surface area contributed by atoms with Crippen LogP contribution in [0.1, 0.15) is 51.7 Å². The summed E-state index contributed by atoms with van der Waals surface area (Å²) in [5, 5.41) is 3.55. The van der Waals surface area contributed by atoms with E-state index in [0.29, 0.717) is 0 Å². The first-order chi connectivity index (χ1) is 8.83. The highest BCUT2D eigenvalue weighted by Gasteiger charge is 2.10. The van der Waals surface area contributed by atoms with Crippen LogP contribution >= 0.6 is 0 Å². The van der Waals surface area contributed by atoms with Crippen molar-refractivity contribution >= 4 is 5.69 Å². The molecule has 1 N–H and O–H groups in total. The largest absolute Gasteiger partial charge is 0.375 e. The molecule has 0 radical (unpaired) electrons. The molecule has 0 unspecified atom stereocenters. The van der Waals surface area contributed by atoms with Gasteiger partial charge in [-0.1, -0.05) is 19.4 Å². The van der Waals surface area contributed by atoms with E-state index in [0.717, 1.165) is 13.1 Å². The molecule has 0 heterocycles. The first-order valence-corrected chi connectivity index (χ1v) is 7.39. The van der Waals surface area contributed by atoms with Crippen molar-refractivity contribution in [1.82, 2.24) is 5.32 Å². The Morgan fingerprint density at radius 2 is 1.89 bits per heavy atom. The number of aryl methyl sites for hydroxylation is 1. The lowest BCUT2D eigenvalue weighted by atomic mass is 10.0. The van der Waals surface area contributed by atoms with Crippen LogP contribution in [0.2, 0.25) is 0 Å². The number of rotatable bonds is 6. The van der Waals surface area contributed by atoms with Gasteiger partial charge in [-0.25, -0.2) is 0 Å². The van der Waals surface area contributed by atoms with Gasteiger partial charge in [0, 0.05) is 31.4 Å². The number of unbranched alkanes of at least 4 members (excludes halogenated alkanes) is 1. The van der Waals surface area contributed by atoms with Gasteiger partial charge in [-0.2, -0.15) is 0 Å². The molecule has 1 aromatic rings. The summed E-state index contributed by atoms with van der Waals surface area (Å²) in [6.07, 6.45) is 2.50. The zero-order chi connectivity index (χ0) is 14.5. The Morgan fingerprint density at radius 3 is 2.42 bits per heavy atom. The van der Waals surface area contributed by atoms with E-state index in [4.69, 9.17) is 0 Å². The average molecular weight is 262 g/mol. The predicted octanol–water partition coefficient (Wildman–Crippen LogP) is 4.12. The topological polar surface area (TPSA) is 15.3 Å². The van der Waals surface area contributed by atoms with Crippen LogP contribution in [0.4, 0.5) is 5.69 Å². The van der Waals surface area contributed by atoms with E-state index in [1.807, 2.05) is 0 Å². The highest BCUT2D eigenvalue weighted by atomic mass is 15.1. The second kappa shape index (κ2) is 6.95. The van der Waals surface area contributed by atoms with Crippen molar-refractivity contribution in [3.63, 3.8) is 0 Å². The smallest absolute Gasteiger partial charge is 0.0366 e. The second-order valence-corrected chi connectivity index (χ2v) is 6.49. The highest BCUT2D eigenvalue weighted by molar-refractivity contribution is 5.50. The Bertz CT molecular complexity index is 391. The van der Waals surface area contributed by atoms with Gasteiger partial charge >= 0.3 is 0 Å². The molecule has 0 saturated heterocycles. The third kappa shape index (κ3) is 5.65. The number of nitrogens with zero attached hydrogens (tertiary/aromatic N) is 1. The molecular weight excluding hydrogens is 232 g/mol. The van der Waals surface area contributed by atoms with Crippen LogP contribution in [-0.4, -0.2) is 19.1 Å². The van der Waals surface area contributed by atoms with Crippen LogP contribution < -0.4 is 10.2 Å². The first-order valence-electron chi connectivity index (χ1n) is 7.39. The van der Waals surface area contributed by atoms with Gasteiger partial charge in [0.15, 0.2) is 0 Å². The molecule has 0 amide bonds. The maximum atomic E-state index is 3.55. The number of anilines is 1. The summed E-state index contributed by atoms with van der Waals surface area (Å²) >= 11 is 0. The summed E-state index contributed by atoms with van der Waals surface area (Å²) in [6, 6.07) is 6.80. The van der Waals surface area contributed by atoms with Crippen molar-refractivity contribution in [2.45, 2.75) is 59.5 Å². The lowest BCUT2D eigenvalue weighted by Crippen LogP contribution is -2.35. The van der Waals surface area contributed by atoms with Crippen molar-refractivity contribution in [2.24, 2.45) is 0 Å². The summed E-state index contributed by atoms with van der Waals surface area (Å²) in [5.74, 6) is 0. The average Bonchev–Trinajstić information content (AvgIpc) is 2.33. The van der Waals surface area contributed by atoms with E-state index in [2.05, 4.69) is 70.1 Å². The minimum Gasteiger partial charge on any atom is -0.375 e. The van der Waals surface area contributed by atoms with Crippen molar-refractivity contribution in [1.29, 1.82) is 0 Å². The Hall–Kier alpha value is -1.02. The predicted molar refractivity (Wildman–Crippen MR) is 85.9 cm³/mol. The van der Waals surface area contributed by atoms with Crippen molar-refractivity contribution in [3.8, 4) is 0 Å². The molecule has 108 valence electrons. The Kier molecular flexibility index (Phi) is 5.86. The van der Waals surface area contributed by atoms with Gasteiger partial charge in [0.25, 0.3) is 0 Å². The second-order valence-electron chi connectivity index (χ2n) is 6.49. The summed E-state index contributed by atoms with van der Waals surface area (Å²) in [7, 11) is 2.18. The molecule has 19 heavy (non-hydrogen) atoms. The summed E-state index contributed by atoms with van der Waals surface area (Å²) in [6.45, 7) is 13.1. The van der Waals surface area contributed by atoms with Crippen LogP contribution in [0.5, 0.6) is 0 Å². The summed E-state index contributed by atoms with van der Waals surface area (Å²) in [5.41, 5.74) is 4.26. The van der Waals surface area contributed by atoms with Crippen LogP contribution in [0.15, 0.2) is 18.2 Å². The molecular formula is C17H30N2. The van der Waals surface area contributed by atoms with E-state index >= 15 is 0 Å². The van der Waals surface area contributed by atoms with Gasteiger partial charge in [-0.05, 0) is 57.4 Å². The first kappa shape index (κ1) is 16.0. The molecule has 0 aliphatic carbocycles. The maximum Gasteiger partial charge on any atom is 0.0366 e. The van der Waals surface area contributed by atoms with Crippen LogP contribution in [0, 0.1) is 6.92 Å². The lowest BCUT2D eigenvalue weighted by Gasteiger charge is -2.23. The van der Waals surface area contributed by atoms with Gasteiger partial charge in [-0.3, -0.25) is 0 Å². The van der Waals surface area contributed by atoms with Crippen molar-refractivity contribution in [3.05, 3.63) is 29.3 Å². The molecule has 0 aliphatic heterocycles. The third-order valence-electron chi connectivity index (χ3n) is 3.42. The molecule has 0 aliphatic rings. The van der Waals surface area contributed by atoms with Gasteiger partial charge < -0.3 is 10.2 Å². The number of hydrogen-bond donors (Lipinski definition) is 1. The van der Waals surface area contributed by atoms with Crippen molar-refractivity contribution < 1.29 is 0 Å². The van der Waals surface area contributed by atoms with E-state index in [1.165, 1.54) is 29.7 Å². The molecule has 1 rings (SSSR count). The zero-order valence-electron chi connectivity index (χ0n) is 13.5. The van der Waals surface area contributed by atoms with Gasteiger partial charge in [-0.15, -0.1) is 0 Å². The minimum absolute atomic E-state index is 0.170. The molecule has 0 bridgehead atoms. The Morgan fingerprint density at radius 1 is 1.21 bits per heavy atom. The summed E-state index contributed by atoms with van der Waals surface area (Å²) in [4.78, 5) is 2.34. The molecule has 0 saturated carbocycles. The Balaban J connectivity index is 2.69. The van der Waals surface area contributed by atoms with Crippen LogP contribution in [-0.2, 0) is 6.54 Å². The van der Waals surface area contributed by atoms with E-state index in [-0.39, 0.29) is 5.54 Å². The minimum atomic E-state index is 0.170. The number of hydrogen-bond acceptors (Lipinski definition) is 2. The van der Waals surface area contributed by atoms with E-state index < -0.39 is 0 Å². The van der Waals surface area contributed by atoms with Gasteiger partial charge in [0.1, 0.15) is 0 Å². The Labute approximate surface area is 119 Å². The van der Waals surface area contributed by atoms with Gasteiger partial charge in [0.05, 0.1) is 0 Å². The fourth-order valence-electron chi connectivity index (χ4n) is 2.00. The molecule has 0 fully saturated rings. The maximum absolute atomic E-state index is 3.55. The summed E-state index contributed by atoms with van der Waals surface area (Å²) < 4.78 is 0. The number of benzene rings is 1. The van der Waals surface area contributed by atoms with E-state index in [1.54, 1.807) is 0 Å². The van der Waals surface area contributed by atoms with Crippen LogP contribution in [0.3, 0.4) is 0 Å².